The highest BCUT2D eigenvalue weighted by atomic mass is 16.5. The molecule has 0 spiro atoms. The summed E-state index contributed by atoms with van der Waals surface area (Å²) in [7, 11) is 3.71. The van der Waals surface area contributed by atoms with Gasteiger partial charge >= 0.3 is 0 Å². The summed E-state index contributed by atoms with van der Waals surface area (Å²) in [6, 6.07) is 8.54. The molecule has 0 amide bonds. The maximum Gasteiger partial charge on any atom is 0.123 e. The highest BCUT2D eigenvalue weighted by Gasteiger charge is 2.39. The molecule has 0 saturated carbocycles. The lowest BCUT2D eigenvalue weighted by atomic mass is 9.87. The van der Waals surface area contributed by atoms with Crippen LogP contribution in [0.25, 0.3) is 0 Å². The number of rotatable bonds is 5. The van der Waals surface area contributed by atoms with Crippen LogP contribution in [0.4, 0.5) is 0 Å². The van der Waals surface area contributed by atoms with Gasteiger partial charge in [-0.2, -0.15) is 5.26 Å². The van der Waals surface area contributed by atoms with E-state index in [1.54, 1.807) is 7.11 Å². The van der Waals surface area contributed by atoms with Gasteiger partial charge in [0.2, 0.25) is 0 Å². The Kier molecular flexibility index (Phi) is 4.08. The van der Waals surface area contributed by atoms with Gasteiger partial charge in [0.25, 0.3) is 0 Å². The first-order chi connectivity index (χ1) is 9.08. The molecule has 0 radical (unpaired) electrons. The third-order valence-electron chi connectivity index (χ3n) is 3.44. The Morgan fingerprint density at radius 1 is 1.47 bits per heavy atom. The molecule has 0 N–H and O–H groups in total. The molecule has 0 unspecified atom stereocenters. The van der Waals surface area contributed by atoms with Crippen molar-refractivity contribution in [3.05, 3.63) is 29.3 Å². The van der Waals surface area contributed by atoms with Gasteiger partial charge in [0.05, 0.1) is 26.4 Å². The van der Waals surface area contributed by atoms with Gasteiger partial charge in [0.1, 0.15) is 11.2 Å². The summed E-state index contributed by atoms with van der Waals surface area (Å²) >= 11 is 0. The number of ether oxygens (including phenoxy) is 2. The average Bonchev–Trinajstić information content (AvgIpc) is 2.34. The van der Waals surface area contributed by atoms with E-state index in [4.69, 9.17) is 9.47 Å². The normalized spacial score (nSPS) is 16.8. The molecule has 0 aromatic heterocycles. The third-order valence-corrected chi connectivity index (χ3v) is 3.44. The molecule has 4 nitrogen and oxygen atoms in total. The minimum atomic E-state index is -0.328. The van der Waals surface area contributed by atoms with Crippen molar-refractivity contribution < 1.29 is 9.47 Å². The van der Waals surface area contributed by atoms with Crippen LogP contribution in [0.1, 0.15) is 11.1 Å². The number of nitriles is 1. The molecular formula is C15H20N2O2. The summed E-state index contributed by atoms with van der Waals surface area (Å²) in [4.78, 5) is 2.16. The smallest absolute Gasteiger partial charge is 0.123 e. The zero-order valence-electron chi connectivity index (χ0n) is 11.8. The number of nitrogens with zero attached hydrogens (tertiary/aromatic N) is 2. The molecule has 1 aliphatic rings. The highest BCUT2D eigenvalue weighted by molar-refractivity contribution is 5.36. The van der Waals surface area contributed by atoms with E-state index in [2.05, 4.69) is 24.0 Å². The number of methoxy groups -OCH3 is 1. The molecular weight excluding hydrogens is 240 g/mol. The summed E-state index contributed by atoms with van der Waals surface area (Å²) in [5.41, 5.74) is 2.04. The van der Waals surface area contributed by atoms with Gasteiger partial charge in [-0.3, -0.25) is 0 Å². The van der Waals surface area contributed by atoms with Crippen LogP contribution in [0.15, 0.2) is 18.2 Å². The highest BCUT2D eigenvalue weighted by Crippen LogP contribution is 2.28. The summed E-state index contributed by atoms with van der Waals surface area (Å²) in [5, 5.41) is 9.22. The second kappa shape index (κ2) is 5.60. The standard InChI is InChI=1S/C15H20N2O2/c1-12-4-5-14(18-3)13(6-12)7-17(2)9-15(8-16)10-19-11-15/h4-6H,7,9-11H2,1-3H3. The second-order valence-corrected chi connectivity index (χ2v) is 5.37. The summed E-state index contributed by atoms with van der Waals surface area (Å²) in [5.74, 6) is 0.897. The molecule has 0 aliphatic carbocycles. The van der Waals surface area contributed by atoms with Crippen molar-refractivity contribution in [2.24, 2.45) is 5.41 Å². The largest absolute Gasteiger partial charge is 0.496 e. The number of aryl methyl sites for hydroxylation is 1. The minimum Gasteiger partial charge on any atom is -0.496 e. The maximum atomic E-state index is 9.22. The molecule has 102 valence electrons. The summed E-state index contributed by atoms with van der Waals surface area (Å²) < 4.78 is 10.6. The predicted octanol–water partition coefficient (Wildman–Crippen LogP) is 1.98. The molecule has 0 atom stereocenters. The van der Waals surface area contributed by atoms with Crippen molar-refractivity contribution in [1.82, 2.24) is 4.90 Å². The molecule has 4 heteroatoms. The predicted molar refractivity (Wildman–Crippen MR) is 72.9 cm³/mol. The molecule has 19 heavy (non-hydrogen) atoms. The van der Waals surface area contributed by atoms with Gasteiger partial charge in [-0.15, -0.1) is 0 Å². The van der Waals surface area contributed by atoms with Crippen LogP contribution in [0.5, 0.6) is 5.75 Å². The Hall–Kier alpha value is -1.57. The Bertz CT molecular complexity index is 489. The van der Waals surface area contributed by atoms with Crippen LogP contribution >= 0.6 is 0 Å². The SMILES string of the molecule is COc1ccc(C)cc1CN(C)CC1(C#N)COC1. The molecule has 1 fully saturated rings. The van der Waals surface area contributed by atoms with Crippen molar-refractivity contribution in [2.75, 3.05) is 33.9 Å². The van der Waals surface area contributed by atoms with Crippen LogP contribution in [-0.4, -0.2) is 38.8 Å². The average molecular weight is 260 g/mol. The van der Waals surface area contributed by atoms with Crippen LogP contribution in [0.3, 0.4) is 0 Å². The van der Waals surface area contributed by atoms with Crippen molar-refractivity contribution >= 4 is 0 Å². The monoisotopic (exact) mass is 260 g/mol. The van der Waals surface area contributed by atoms with Crippen LogP contribution in [-0.2, 0) is 11.3 Å². The Morgan fingerprint density at radius 3 is 2.74 bits per heavy atom. The van der Waals surface area contributed by atoms with Crippen LogP contribution in [0, 0.1) is 23.7 Å². The first kappa shape index (κ1) is 13.9. The van der Waals surface area contributed by atoms with E-state index in [1.807, 2.05) is 19.2 Å². The first-order valence-electron chi connectivity index (χ1n) is 6.40. The lowest BCUT2D eigenvalue weighted by Gasteiger charge is -2.38. The van der Waals surface area contributed by atoms with Crippen LogP contribution in [0.2, 0.25) is 0 Å². The van der Waals surface area contributed by atoms with Crippen molar-refractivity contribution in [3.63, 3.8) is 0 Å². The fourth-order valence-corrected chi connectivity index (χ4v) is 2.43. The Labute approximate surface area is 114 Å². The molecule has 0 bridgehead atoms. The quantitative estimate of drug-likeness (QED) is 0.812. The lowest BCUT2D eigenvalue weighted by molar-refractivity contribution is -0.0895. The summed E-state index contributed by atoms with van der Waals surface area (Å²) in [6.07, 6.45) is 0. The van der Waals surface area contributed by atoms with Gasteiger partial charge in [-0.1, -0.05) is 17.7 Å². The topological polar surface area (TPSA) is 45.5 Å². The van der Waals surface area contributed by atoms with E-state index >= 15 is 0 Å². The molecule has 1 aromatic carbocycles. The van der Waals surface area contributed by atoms with Gasteiger partial charge < -0.3 is 14.4 Å². The van der Waals surface area contributed by atoms with Crippen LogP contribution < -0.4 is 4.74 Å². The fourth-order valence-electron chi connectivity index (χ4n) is 2.43. The minimum absolute atomic E-state index is 0.328. The number of benzene rings is 1. The van der Waals surface area contributed by atoms with Gasteiger partial charge in [0.15, 0.2) is 0 Å². The molecule has 1 heterocycles. The van der Waals surface area contributed by atoms with E-state index in [0.29, 0.717) is 13.2 Å². The van der Waals surface area contributed by atoms with E-state index < -0.39 is 0 Å². The molecule has 2 rings (SSSR count). The fraction of sp³-hybridized carbons (Fsp3) is 0.533. The molecule has 1 aromatic rings. The lowest BCUT2D eigenvalue weighted by Crippen LogP contribution is -2.48. The molecule has 1 saturated heterocycles. The van der Waals surface area contributed by atoms with Gasteiger partial charge in [0, 0.05) is 18.7 Å². The maximum absolute atomic E-state index is 9.22. The number of hydrogen-bond donors (Lipinski definition) is 0. The van der Waals surface area contributed by atoms with Crippen molar-refractivity contribution in [2.45, 2.75) is 13.5 Å². The van der Waals surface area contributed by atoms with E-state index in [9.17, 15) is 5.26 Å². The van der Waals surface area contributed by atoms with E-state index in [1.165, 1.54) is 5.56 Å². The van der Waals surface area contributed by atoms with Crippen molar-refractivity contribution in [1.29, 1.82) is 5.26 Å². The van der Waals surface area contributed by atoms with Gasteiger partial charge in [-0.25, -0.2) is 0 Å². The van der Waals surface area contributed by atoms with E-state index in [-0.39, 0.29) is 5.41 Å². The Morgan fingerprint density at radius 2 is 2.21 bits per heavy atom. The zero-order chi connectivity index (χ0) is 13.9. The first-order valence-corrected chi connectivity index (χ1v) is 6.40. The molecule has 1 aliphatic heterocycles. The Balaban J connectivity index is 2.04. The van der Waals surface area contributed by atoms with E-state index in [0.717, 1.165) is 24.4 Å². The van der Waals surface area contributed by atoms with Crippen molar-refractivity contribution in [3.8, 4) is 11.8 Å². The summed E-state index contributed by atoms with van der Waals surface area (Å²) in [6.45, 7) is 4.64. The zero-order valence-corrected chi connectivity index (χ0v) is 11.8. The number of hydrogen-bond acceptors (Lipinski definition) is 4. The third kappa shape index (κ3) is 3.06. The second-order valence-electron chi connectivity index (χ2n) is 5.37. The van der Waals surface area contributed by atoms with Gasteiger partial charge in [-0.05, 0) is 20.0 Å².